The minimum Gasteiger partial charge on any atom is -0.365 e. The predicted octanol–water partition coefficient (Wildman–Crippen LogP) is 3.23. The SMILES string of the molecule is CC1CCC(Nc2nncc3ccccc23)C1. The zero-order valence-electron chi connectivity index (χ0n) is 10.1. The lowest BCUT2D eigenvalue weighted by Crippen LogP contribution is -2.16. The molecule has 0 saturated heterocycles. The van der Waals surface area contributed by atoms with Gasteiger partial charge in [0.05, 0.1) is 6.20 Å². The van der Waals surface area contributed by atoms with Crippen molar-refractivity contribution in [1.29, 1.82) is 0 Å². The molecule has 2 atom stereocenters. The largest absolute Gasteiger partial charge is 0.365 e. The lowest BCUT2D eigenvalue weighted by atomic mass is 10.1. The molecule has 0 amide bonds. The van der Waals surface area contributed by atoms with Gasteiger partial charge < -0.3 is 5.32 Å². The summed E-state index contributed by atoms with van der Waals surface area (Å²) in [5.41, 5.74) is 0. The highest BCUT2D eigenvalue weighted by Gasteiger charge is 2.21. The third kappa shape index (κ3) is 2.09. The second-order valence-electron chi connectivity index (χ2n) is 5.04. The van der Waals surface area contributed by atoms with E-state index in [2.05, 4.69) is 34.6 Å². The number of hydrogen-bond acceptors (Lipinski definition) is 3. The number of rotatable bonds is 2. The van der Waals surface area contributed by atoms with Crippen LogP contribution in [0.3, 0.4) is 0 Å². The second kappa shape index (κ2) is 4.32. The molecule has 0 spiro atoms. The number of nitrogens with one attached hydrogen (secondary N) is 1. The van der Waals surface area contributed by atoms with E-state index in [0.717, 1.165) is 17.1 Å². The van der Waals surface area contributed by atoms with Crippen molar-refractivity contribution < 1.29 is 0 Å². The molecule has 1 aromatic carbocycles. The summed E-state index contributed by atoms with van der Waals surface area (Å²) < 4.78 is 0. The second-order valence-corrected chi connectivity index (χ2v) is 5.04. The molecule has 0 aliphatic heterocycles. The Hall–Kier alpha value is -1.64. The Bertz CT molecular complexity index is 518. The fourth-order valence-electron chi connectivity index (χ4n) is 2.67. The van der Waals surface area contributed by atoms with Gasteiger partial charge >= 0.3 is 0 Å². The van der Waals surface area contributed by atoms with E-state index in [4.69, 9.17) is 0 Å². The molecule has 1 fully saturated rings. The molecule has 88 valence electrons. The van der Waals surface area contributed by atoms with E-state index in [1.54, 1.807) is 0 Å². The van der Waals surface area contributed by atoms with Crippen molar-refractivity contribution in [3.8, 4) is 0 Å². The maximum atomic E-state index is 4.23. The first-order chi connectivity index (χ1) is 8.33. The van der Waals surface area contributed by atoms with Gasteiger partial charge in [0.15, 0.2) is 5.82 Å². The molecule has 0 radical (unpaired) electrons. The van der Waals surface area contributed by atoms with Gasteiger partial charge in [0.25, 0.3) is 0 Å². The Morgan fingerprint density at radius 2 is 2.12 bits per heavy atom. The van der Waals surface area contributed by atoms with Gasteiger partial charge in [-0.05, 0) is 25.2 Å². The molecule has 3 nitrogen and oxygen atoms in total. The number of nitrogens with zero attached hydrogens (tertiary/aromatic N) is 2. The maximum absolute atomic E-state index is 4.23. The molecule has 2 unspecified atom stereocenters. The van der Waals surface area contributed by atoms with Gasteiger partial charge in [-0.2, -0.15) is 5.10 Å². The number of fused-ring (bicyclic) bond motifs is 1. The van der Waals surface area contributed by atoms with Crippen molar-refractivity contribution in [2.45, 2.75) is 32.2 Å². The molecule has 3 rings (SSSR count). The molecule has 17 heavy (non-hydrogen) atoms. The summed E-state index contributed by atoms with van der Waals surface area (Å²) in [5, 5.41) is 14.2. The minimum atomic E-state index is 0.560. The van der Waals surface area contributed by atoms with Crippen LogP contribution < -0.4 is 5.32 Å². The number of aromatic nitrogens is 2. The van der Waals surface area contributed by atoms with E-state index in [1.165, 1.54) is 24.6 Å². The molecular formula is C14H17N3. The van der Waals surface area contributed by atoms with E-state index in [9.17, 15) is 0 Å². The third-order valence-corrected chi connectivity index (χ3v) is 3.61. The monoisotopic (exact) mass is 227 g/mol. The summed E-state index contributed by atoms with van der Waals surface area (Å²) >= 11 is 0. The highest BCUT2D eigenvalue weighted by Crippen LogP contribution is 2.28. The highest BCUT2D eigenvalue weighted by atomic mass is 15.2. The van der Waals surface area contributed by atoms with Crippen LogP contribution in [0.5, 0.6) is 0 Å². The van der Waals surface area contributed by atoms with Crippen LogP contribution in [0.25, 0.3) is 10.8 Å². The van der Waals surface area contributed by atoms with Crippen molar-refractivity contribution in [2.24, 2.45) is 5.92 Å². The third-order valence-electron chi connectivity index (χ3n) is 3.61. The van der Waals surface area contributed by atoms with Crippen LogP contribution in [0, 0.1) is 5.92 Å². The highest BCUT2D eigenvalue weighted by molar-refractivity contribution is 5.90. The lowest BCUT2D eigenvalue weighted by Gasteiger charge is -2.14. The predicted molar refractivity (Wildman–Crippen MR) is 70.0 cm³/mol. The first-order valence-corrected chi connectivity index (χ1v) is 6.30. The number of benzene rings is 1. The number of anilines is 1. The Labute approximate surface area is 101 Å². The van der Waals surface area contributed by atoms with Crippen molar-refractivity contribution in [3.05, 3.63) is 30.5 Å². The fourth-order valence-corrected chi connectivity index (χ4v) is 2.67. The van der Waals surface area contributed by atoms with Crippen LogP contribution in [-0.2, 0) is 0 Å². The summed E-state index contributed by atoms with van der Waals surface area (Å²) in [4.78, 5) is 0. The normalized spacial score (nSPS) is 24.1. The Morgan fingerprint density at radius 3 is 2.94 bits per heavy atom. The topological polar surface area (TPSA) is 37.8 Å². The summed E-state index contributed by atoms with van der Waals surface area (Å²) in [6.45, 7) is 2.32. The van der Waals surface area contributed by atoms with Crippen LogP contribution in [-0.4, -0.2) is 16.2 Å². The average molecular weight is 227 g/mol. The standard InChI is InChI=1S/C14H17N3/c1-10-6-7-12(8-10)16-14-13-5-3-2-4-11(13)9-15-17-14/h2-5,9-10,12H,6-8H2,1H3,(H,16,17). The summed E-state index contributed by atoms with van der Waals surface area (Å²) in [6.07, 6.45) is 5.62. The maximum Gasteiger partial charge on any atom is 0.156 e. The molecule has 1 aliphatic rings. The van der Waals surface area contributed by atoms with E-state index < -0.39 is 0 Å². The molecule has 3 heteroatoms. The molecule has 1 N–H and O–H groups in total. The van der Waals surface area contributed by atoms with Crippen LogP contribution in [0.4, 0.5) is 5.82 Å². The average Bonchev–Trinajstić information content (AvgIpc) is 2.75. The molecule has 0 bridgehead atoms. The Kier molecular flexibility index (Phi) is 2.67. The molecule has 1 aromatic heterocycles. The van der Waals surface area contributed by atoms with Crippen LogP contribution in [0.2, 0.25) is 0 Å². The first kappa shape index (κ1) is 10.5. The molecule has 1 aliphatic carbocycles. The molecule has 2 aromatic rings. The van der Waals surface area contributed by atoms with Gasteiger partial charge in [0.2, 0.25) is 0 Å². The van der Waals surface area contributed by atoms with E-state index in [-0.39, 0.29) is 0 Å². The Balaban J connectivity index is 1.90. The lowest BCUT2D eigenvalue weighted by molar-refractivity contribution is 0.602. The van der Waals surface area contributed by atoms with Crippen molar-refractivity contribution >= 4 is 16.6 Å². The van der Waals surface area contributed by atoms with Crippen molar-refractivity contribution in [2.75, 3.05) is 5.32 Å². The van der Waals surface area contributed by atoms with Crippen LogP contribution >= 0.6 is 0 Å². The van der Waals surface area contributed by atoms with Gasteiger partial charge in [-0.25, -0.2) is 0 Å². The summed E-state index contributed by atoms with van der Waals surface area (Å²) in [7, 11) is 0. The Morgan fingerprint density at radius 1 is 1.24 bits per heavy atom. The van der Waals surface area contributed by atoms with Crippen LogP contribution in [0.15, 0.2) is 30.5 Å². The summed E-state index contributed by atoms with van der Waals surface area (Å²) in [5.74, 6) is 1.76. The molecular weight excluding hydrogens is 210 g/mol. The van der Waals surface area contributed by atoms with E-state index >= 15 is 0 Å². The van der Waals surface area contributed by atoms with Gasteiger partial charge in [0.1, 0.15) is 0 Å². The number of hydrogen-bond donors (Lipinski definition) is 1. The summed E-state index contributed by atoms with van der Waals surface area (Å²) in [6, 6.07) is 8.82. The fraction of sp³-hybridized carbons (Fsp3) is 0.429. The van der Waals surface area contributed by atoms with E-state index in [1.807, 2.05) is 18.3 Å². The van der Waals surface area contributed by atoms with Gasteiger partial charge in [-0.15, -0.1) is 5.10 Å². The van der Waals surface area contributed by atoms with Gasteiger partial charge in [0, 0.05) is 16.8 Å². The van der Waals surface area contributed by atoms with Crippen molar-refractivity contribution in [1.82, 2.24) is 10.2 Å². The van der Waals surface area contributed by atoms with Gasteiger partial charge in [-0.1, -0.05) is 31.2 Å². The van der Waals surface area contributed by atoms with Crippen molar-refractivity contribution in [3.63, 3.8) is 0 Å². The quantitative estimate of drug-likeness (QED) is 0.856. The molecule has 1 heterocycles. The first-order valence-electron chi connectivity index (χ1n) is 6.30. The van der Waals surface area contributed by atoms with Gasteiger partial charge in [-0.3, -0.25) is 0 Å². The zero-order chi connectivity index (χ0) is 11.7. The van der Waals surface area contributed by atoms with Crippen LogP contribution in [0.1, 0.15) is 26.2 Å². The minimum absolute atomic E-state index is 0.560. The van der Waals surface area contributed by atoms with E-state index in [0.29, 0.717) is 6.04 Å². The molecule has 1 saturated carbocycles. The zero-order valence-corrected chi connectivity index (χ0v) is 10.1. The smallest absolute Gasteiger partial charge is 0.156 e.